The Morgan fingerprint density at radius 1 is 1.22 bits per heavy atom. The number of rotatable bonds is 5. The van der Waals surface area contributed by atoms with Crippen molar-refractivity contribution in [1.29, 1.82) is 0 Å². The molecule has 2 unspecified atom stereocenters. The zero-order valence-corrected chi connectivity index (χ0v) is 12.7. The van der Waals surface area contributed by atoms with Crippen molar-refractivity contribution in [3.63, 3.8) is 0 Å². The van der Waals surface area contributed by atoms with E-state index in [2.05, 4.69) is 6.92 Å². The van der Waals surface area contributed by atoms with E-state index in [0.717, 1.165) is 11.5 Å². The molecule has 0 N–H and O–H groups in total. The molecule has 2 heterocycles. The van der Waals surface area contributed by atoms with E-state index >= 15 is 0 Å². The van der Waals surface area contributed by atoms with Crippen LogP contribution in [0.4, 0.5) is 5.69 Å². The highest BCUT2D eigenvalue weighted by Crippen LogP contribution is 2.23. The quantitative estimate of drug-likeness (QED) is 0.611. The van der Waals surface area contributed by atoms with Gasteiger partial charge in [-0.1, -0.05) is 6.92 Å². The lowest BCUT2D eigenvalue weighted by Gasteiger charge is -2.33. The van der Waals surface area contributed by atoms with Gasteiger partial charge in [0.1, 0.15) is 0 Å². The molecule has 6 nitrogen and oxygen atoms in total. The number of carbonyl (C=O) groups excluding carboxylic acids is 3. The van der Waals surface area contributed by atoms with Crippen molar-refractivity contribution in [1.82, 2.24) is 0 Å². The molecule has 120 valence electrons. The fraction of sp³-hybridized carbons (Fsp3) is 0.353. The molecule has 1 saturated heterocycles. The Bertz CT molecular complexity index is 646. The number of nitrogens with zero attached hydrogens (tertiary/aromatic N) is 1. The lowest BCUT2D eigenvalue weighted by molar-refractivity contribution is -0.120. The minimum Gasteiger partial charge on any atom is -0.462 e. The SMILES string of the molecule is CC1COC1CCOC(=O)c1ccc(N2C(=O)C=CC2=O)cc1. The summed E-state index contributed by atoms with van der Waals surface area (Å²) in [5.74, 6) is -0.697. The average Bonchev–Trinajstić information content (AvgIpc) is 2.88. The summed E-state index contributed by atoms with van der Waals surface area (Å²) in [5, 5.41) is 0. The Balaban J connectivity index is 1.55. The van der Waals surface area contributed by atoms with E-state index < -0.39 is 5.97 Å². The summed E-state index contributed by atoms with van der Waals surface area (Å²) in [5.41, 5.74) is 0.807. The largest absolute Gasteiger partial charge is 0.462 e. The van der Waals surface area contributed by atoms with Gasteiger partial charge < -0.3 is 9.47 Å². The third-order valence-electron chi connectivity index (χ3n) is 4.01. The Morgan fingerprint density at radius 2 is 1.87 bits per heavy atom. The Morgan fingerprint density at radius 3 is 2.39 bits per heavy atom. The molecule has 0 aliphatic carbocycles. The van der Waals surface area contributed by atoms with Gasteiger partial charge in [-0.25, -0.2) is 9.69 Å². The van der Waals surface area contributed by atoms with Gasteiger partial charge in [-0.15, -0.1) is 0 Å². The Labute approximate surface area is 133 Å². The molecule has 0 radical (unpaired) electrons. The predicted octanol–water partition coefficient (Wildman–Crippen LogP) is 1.70. The summed E-state index contributed by atoms with van der Waals surface area (Å²) in [6.45, 7) is 3.18. The van der Waals surface area contributed by atoms with Crippen LogP contribution < -0.4 is 4.90 Å². The second-order valence-corrected chi connectivity index (χ2v) is 5.67. The molecular weight excluding hydrogens is 298 g/mol. The minimum absolute atomic E-state index is 0.171. The molecule has 1 aromatic rings. The van der Waals surface area contributed by atoms with Gasteiger partial charge in [0, 0.05) is 24.5 Å². The van der Waals surface area contributed by atoms with Crippen LogP contribution in [0.25, 0.3) is 0 Å². The van der Waals surface area contributed by atoms with Gasteiger partial charge in [-0.3, -0.25) is 9.59 Å². The highest BCUT2D eigenvalue weighted by atomic mass is 16.5. The molecule has 1 aromatic carbocycles. The van der Waals surface area contributed by atoms with E-state index in [4.69, 9.17) is 9.47 Å². The van der Waals surface area contributed by atoms with Crippen molar-refractivity contribution >= 4 is 23.5 Å². The summed E-state index contributed by atoms with van der Waals surface area (Å²) in [7, 11) is 0. The van der Waals surface area contributed by atoms with Gasteiger partial charge >= 0.3 is 5.97 Å². The van der Waals surface area contributed by atoms with Crippen LogP contribution in [0.1, 0.15) is 23.7 Å². The summed E-state index contributed by atoms with van der Waals surface area (Å²) < 4.78 is 10.6. The molecule has 2 atom stereocenters. The van der Waals surface area contributed by atoms with Crippen LogP contribution in [0.5, 0.6) is 0 Å². The van der Waals surface area contributed by atoms with Gasteiger partial charge in [-0.2, -0.15) is 0 Å². The van der Waals surface area contributed by atoms with Gasteiger partial charge in [0.15, 0.2) is 0 Å². The molecule has 23 heavy (non-hydrogen) atoms. The summed E-state index contributed by atoms with van der Waals surface area (Å²) >= 11 is 0. The normalized spacial score (nSPS) is 23.1. The van der Waals surface area contributed by atoms with Crippen molar-refractivity contribution in [2.45, 2.75) is 19.4 Å². The standard InChI is InChI=1S/C17H17NO5/c1-11-10-23-14(11)8-9-22-17(21)12-2-4-13(5-3-12)18-15(19)6-7-16(18)20/h2-7,11,14H,8-10H2,1H3. The molecule has 0 spiro atoms. The molecule has 1 fully saturated rings. The monoisotopic (exact) mass is 315 g/mol. The first-order valence-corrected chi connectivity index (χ1v) is 7.51. The molecule has 2 amide bonds. The van der Waals surface area contributed by atoms with Crippen LogP contribution in [0.2, 0.25) is 0 Å². The minimum atomic E-state index is -0.430. The summed E-state index contributed by atoms with van der Waals surface area (Å²) in [6, 6.07) is 6.19. The van der Waals surface area contributed by atoms with Crippen molar-refractivity contribution < 1.29 is 23.9 Å². The van der Waals surface area contributed by atoms with Crippen molar-refractivity contribution in [2.75, 3.05) is 18.1 Å². The van der Waals surface area contributed by atoms with E-state index in [-0.39, 0.29) is 17.9 Å². The lowest BCUT2D eigenvalue weighted by Crippen LogP contribution is -2.38. The fourth-order valence-electron chi connectivity index (χ4n) is 2.55. The van der Waals surface area contributed by atoms with E-state index in [1.165, 1.54) is 12.2 Å². The number of benzene rings is 1. The van der Waals surface area contributed by atoms with E-state index in [1.807, 2.05) is 0 Å². The molecule has 0 bridgehead atoms. The molecule has 0 saturated carbocycles. The fourth-order valence-corrected chi connectivity index (χ4v) is 2.55. The number of esters is 1. The predicted molar refractivity (Wildman–Crippen MR) is 81.9 cm³/mol. The summed E-state index contributed by atoms with van der Waals surface area (Å²) in [4.78, 5) is 36.2. The van der Waals surface area contributed by atoms with Crippen LogP contribution in [-0.4, -0.2) is 37.1 Å². The number of amides is 2. The number of carbonyl (C=O) groups is 3. The smallest absolute Gasteiger partial charge is 0.338 e. The second kappa shape index (κ2) is 6.34. The van der Waals surface area contributed by atoms with Gasteiger partial charge in [0.25, 0.3) is 11.8 Å². The van der Waals surface area contributed by atoms with E-state index in [0.29, 0.717) is 30.2 Å². The maximum atomic E-state index is 12.0. The zero-order valence-electron chi connectivity index (χ0n) is 12.7. The molecule has 0 aromatic heterocycles. The van der Waals surface area contributed by atoms with Crippen LogP contribution >= 0.6 is 0 Å². The van der Waals surface area contributed by atoms with Crippen LogP contribution in [0.15, 0.2) is 36.4 Å². The van der Waals surface area contributed by atoms with Crippen LogP contribution in [0, 0.1) is 5.92 Å². The Hall–Kier alpha value is -2.47. The highest BCUT2D eigenvalue weighted by molar-refractivity contribution is 6.28. The summed E-state index contributed by atoms with van der Waals surface area (Å²) in [6.07, 6.45) is 3.29. The van der Waals surface area contributed by atoms with Crippen molar-refractivity contribution in [3.05, 3.63) is 42.0 Å². The molecular formula is C17H17NO5. The molecule has 6 heteroatoms. The molecule has 2 aliphatic heterocycles. The first-order valence-electron chi connectivity index (χ1n) is 7.51. The van der Waals surface area contributed by atoms with Gasteiger partial charge in [0.05, 0.1) is 30.6 Å². The third kappa shape index (κ3) is 3.17. The van der Waals surface area contributed by atoms with E-state index in [9.17, 15) is 14.4 Å². The highest BCUT2D eigenvalue weighted by Gasteiger charge is 2.28. The number of hydrogen-bond donors (Lipinski definition) is 0. The third-order valence-corrected chi connectivity index (χ3v) is 4.01. The maximum absolute atomic E-state index is 12.0. The number of ether oxygens (including phenoxy) is 2. The second-order valence-electron chi connectivity index (χ2n) is 5.67. The maximum Gasteiger partial charge on any atom is 0.338 e. The Kier molecular flexibility index (Phi) is 4.25. The zero-order chi connectivity index (χ0) is 16.4. The lowest BCUT2D eigenvalue weighted by atomic mass is 9.98. The topological polar surface area (TPSA) is 72.9 Å². The number of imide groups is 1. The van der Waals surface area contributed by atoms with Crippen molar-refractivity contribution in [2.24, 2.45) is 5.92 Å². The van der Waals surface area contributed by atoms with Crippen molar-refractivity contribution in [3.8, 4) is 0 Å². The first kappa shape index (κ1) is 15.4. The van der Waals surface area contributed by atoms with Crippen LogP contribution in [0.3, 0.4) is 0 Å². The first-order chi connectivity index (χ1) is 11.1. The van der Waals surface area contributed by atoms with Gasteiger partial charge in [0.2, 0.25) is 0 Å². The molecule has 3 rings (SSSR count). The van der Waals surface area contributed by atoms with Gasteiger partial charge in [-0.05, 0) is 24.3 Å². The average molecular weight is 315 g/mol. The number of hydrogen-bond acceptors (Lipinski definition) is 5. The van der Waals surface area contributed by atoms with Crippen LogP contribution in [-0.2, 0) is 19.1 Å². The molecule has 2 aliphatic rings. The number of anilines is 1. The van der Waals surface area contributed by atoms with E-state index in [1.54, 1.807) is 24.3 Å².